The van der Waals surface area contributed by atoms with Gasteiger partial charge < -0.3 is 5.11 Å². The van der Waals surface area contributed by atoms with E-state index in [1.54, 1.807) is 0 Å². The Morgan fingerprint density at radius 2 is 1.73 bits per heavy atom. The Balaban J connectivity index is 3.08. The lowest BCUT2D eigenvalue weighted by Gasteiger charge is -2.30. The van der Waals surface area contributed by atoms with Crippen LogP contribution < -0.4 is 0 Å². The van der Waals surface area contributed by atoms with Crippen LogP contribution in [0.15, 0.2) is 11.4 Å². The highest BCUT2D eigenvalue weighted by Crippen LogP contribution is 2.63. The summed E-state index contributed by atoms with van der Waals surface area (Å²) in [6, 6.07) is 0. The number of allylic oxidation sites excluding steroid dienone is 1. The van der Waals surface area contributed by atoms with Crippen molar-refractivity contribution in [1.82, 2.24) is 0 Å². The smallest absolute Gasteiger partial charge is 0.129 e. The third-order valence-electron chi connectivity index (χ3n) is 4.75. The molecule has 1 N–H and O–H groups in total. The van der Waals surface area contributed by atoms with Crippen molar-refractivity contribution < 1.29 is 9.50 Å². The van der Waals surface area contributed by atoms with E-state index in [0.717, 1.165) is 36.1 Å². The number of aliphatic hydroxyl groups excluding tert-OH is 1. The molecular formula is C17H32FOP3+2. The van der Waals surface area contributed by atoms with Crippen LogP contribution >= 0.6 is 22.0 Å². The van der Waals surface area contributed by atoms with Crippen LogP contribution in [0.2, 0.25) is 0 Å². The van der Waals surface area contributed by atoms with E-state index < -0.39 is 12.7 Å². The molecule has 0 aromatic carbocycles. The van der Waals surface area contributed by atoms with Crippen molar-refractivity contribution in [3.8, 4) is 0 Å². The summed E-state index contributed by atoms with van der Waals surface area (Å²) in [4.78, 5) is 0. The highest BCUT2D eigenvalue weighted by molar-refractivity contribution is 7.89. The quantitative estimate of drug-likeness (QED) is 0.569. The molecule has 3 unspecified atom stereocenters. The normalized spacial score (nSPS) is 27.5. The van der Waals surface area contributed by atoms with Gasteiger partial charge in [0.25, 0.3) is 0 Å². The molecule has 0 fully saturated rings. The highest BCUT2D eigenvalue weighted by Gasteiger charge is 2.42. The van der Waals surface area contributed by atoms with Crippen molar-refractivity contribution in [2.45, 2.75) is 40.0 Å². The van der Waals surface area contributed by atoms with E-state index in [2.05, 4.69) is 32.7 Å². The Morgan fingerprint density at radius 3 is 2.05 bits per heavy atom. The molecule has 1 rings (SSSR count). The highest BCUT2D eigenvalue weighted by atomic mass is 31.2. The van der Waals surface area contributed by atoms with Gasteiger partial charge in [0, 0.05) is 18.7 Å². The van der Waals surface area contributed by atoms with Gasteiger partial charge in [-0.1, -0.05) is 13.2 Å². The van der Waals surface area contributed by atoms with Crippen molar-refractivity contribution in [3.63, 3.8) is 0 Å². The molecule has 0 saturated carbocycles. The summed E-state index contributed by atoms with van der Waals surface area (Å²) in [5.74, 6) is 1.28. The van der Waals surface area contributed by atoms with E-state index in [4.69, 9.17) is 0 Å². The fourth-order valence-electron chi connectivity index (χ4n) is 3.16. The fraction of sp³-hybridized carbons (Fsp3) is 0.706. The Hall–Kier alpha value is 0.270. The number of rotatable bonds is 8. The third-order valence-corrected chi connectivity index (χ3v) is 15.7. The second-order valence-corrected chi connectivity index (χ2v) is 15.8. The van der Waals surface area contributed by atoms with E-state index in [0.29, 0.717) is 0 Å². The molecule has 5 atom stereocenters. The predicted octanol–water partition coefficient (Wildman–Crippen LogP) is 5.44. The van der Waals surface area contributed by atoms with Gasteiger partial charge in [0.2, 0.25) is 0 Å². The van der Waals surface area contributed by atoms with E-state index >= 15 is 0 Å². The maximum atomic E-state index is 14.1. The molecule has 0 spiro atoms. The third kappa shape index (κ3) is 4.64. The number of hydrogen-bond donors (Lipinski definition) is 1. The number of halogens is 1. The molecule has 126 valence electrons. The van der Waals surface area contributed by atoms with Crippen LogP contribution in [0.25, 0.3) is 0 Å². The van der Waals surface area contributed by atoms with Gasteiger partial charge in [-0.15, -0.1) is 0 Å². The minimum absolute atomic E-state index is 0.0182. The molecule has 1 aliphatic rings. The lowest BCUT2D eigenvalue weighted by atomic mass is 10.0. The van der Waals surface area contributed by atoms with Crippen molar-refractivity contribution >= 4 is 40.9 Å². The van der Waals surface area contributed by atoms with Gasteiger partial charge in [0.05, 0.1) is 33.5 Å². The lowest BCUT2D eigenvalue weighted by molar-refractivity contribution is 0.199. The van der Waals surface area contributed by atoms with Gasteiger partial charge in [0.1, 0.15) is 30.0 Å². The summed E-state index contributed by atoms with van der Waals surface area (Å²) in [5, 5.41) is 11.1. The Kier molecular flexibility index (Phi) is 7.75. The largest absolute Gasteiger partial charge is 0.388 e. The lowest BCUT2D eigenvalue weighted by Crippen LogP contribution is -2.22. The second kappa shape index (κ2) is 8.39. The molecule has 0 aromatic rings. The van der Waals surface area contributed by atoms with E-state index in [9.17, 15) is 9.50 Å². The van der Waals surface area contributed by atoms with Crippen LogP contribution in [-0.2, 0) is 0 Å². The first-order valence-electron chi connectivity index (χ1n) is 8.02. The molecule has 1 nitrogen and oxygen atoms in total. The molecule has 1 aliphatic carbocycles. The molecule has 0 saturated heterocycles. The van der Waals surface area contributed by atoms with E-state index in [-0.39, 0.29) is 32.8 Å². The number of hydrogen-bond acceptors (Lipinski definition) is 1. The summed E-state index contributed by atoms with van der Waals surface area (Å²) < 4.78 is 14.1. The predicted molar refractivity (Wildman–Crippen MR) is 110 cm³/mol. The average Bonchev–Trinajstić information content (AvgIpc) is 2.73. The van der Waals surface area contributed by atoms with Crippen LogP contribution in [0.3, 0.4) is 0 Å². The zero-order chi connectivity index (χ0) is 17.1. The zero-order valence-corrected chi connectivity index (χ0v) is 17.2. The molecule has 0 bridgehead atoms. The van der Waals surface area contributed by atoms with Crippen LogP contribution in [0.1, 0.15) is 34.1 Å². The summed E-state index contributed by atoms with van der Waals surface area (Å²) in [7, 11) is -0.671. The van der Waals surface area contributed by atoms with Crippen molar-refractivity contribution in [3.05, 3.63) is 11.4 Å². The Morgan fingerprint density at radius 1 is 1.27 bits per heavy atom. The first kappa shape index (κ1) is 20.3. The van der Waals surface area contributed by atoms with Gasteiger partial charge in [-0.3, -0.25) is 0 Å². The van der Waals surface area contributed by atoms with Crippen LogP contribution in [-0.4, -0.2) is 54.0 Å². The van der Waals surface area contributed by atoms with Gasteiger partial charge in [-0.25, -0.2) is 4.39 Å². The minimum Gasteiger partial charge on any atom is -0.388 e. The summed E-state index contributed by atoms with van der Waals surface area (Å²) in [6.07, 6.45) is 15.9. The van der Waals surface area contributed by atoms with Gasteiger partial charge >= 0.3 is 0 Å². The maximum Gasteiger partial charge on any atom is 0.129 e. The molecule has 0 amide bonds. The average molecular weight is 364 g/mol. The van der Waals surface area contributed by atoms with Crippen LogP contribution in [0.5, 0.6) is 0 Å². The SMILES string of the molecule is C=[P+](CC)CP(=C)(C[P+](=C)CC)C(O)[C@H]1C[C@@H](C)C(F)=C1C. The second-order valence-electron chi connectivity index (χ2n) is 6.66. The van der Waals surface area contributed by atoms with E-state index in [1.165, 1.54) is 0 Å². The monoisotopic (exact) mass is 364 g/mol. The molecule has 0 aliphatic heterocycles. The molecular weight excluding hydrogens is 332 g/mol. The van der Waals surface area contributed by atoms with Gasteiger partial charge in [0.15, 0.2) is 0 Å². The van der Waals surface area contributed by atoms with Gasteiger partial charge in [-0.2, -0.15) is 0 Å². The van der Waals surface area contributed by atoms with Crippen molar-refractivity contribution in [1.29, 1.82) is 0 Å². The minimum atomic E-state index is -1.81. The topological polar surface area (TPSA) is 20.2 Å². The summed E-state index contributed by atoms with van der Waals surface area (Å²) in [6.45, 7) is 6.26. The number of aliphatic hydroxyl groups is 1. The van der Waals surface area contributed by atoms with E-state index in [1.807, 2.05) is 13.8 Å². The fourth-order valence-corrected chi connectivity index (χ4v) is 14.7. The first-order valence-corrected chi connectivity index (χ1v) is 14.2. The molecule has 0 radical (unpaired) electrons. The molecule has 5 heteroatoms. The summed E-state index contributed by atoms with van der Waals surface area (Å²) >= 11 is 0. The van der Waals surface area contributed by atoms with Crippen LogP contribution in [0, 0.1) is 11.8 Å². The van der Waals surface area contributed by atoms with Crippen molar-refractivity contribution in [2.24, 2.45) is 11.8 Å². The van der Waals surface area contributed by atoms with Crippen LogP contribution in [0.4, 0.5) is 4.39 Å². The first-order chi connectivity index (χ1) is 10.2. The van der Waals surface area contributed by atoms with Crippen molar-refractivity contribution in [2.75, 3.05) is 24.1 Å². The summed E-state index contributed by atoms with van der Waals surface area (Å²) in [5.41, 5.74) is 0.753. The Bertz CT molecular complexity index is 502. The van der Waals surface area contributed by atoms with Gasteiger partial charge in [-0.05, 0) is 32.8 Å². The standard InChI is InChI=1S/C17H32FOP3/c1-8-20(5)11-22(7,12-21(6)9-2)17(19)15-10-13(3)16(18)14(15)4/h13,15,17,19H,5-12H2,1-4H3/q+2/t13-,15+,17?/m1/s1. The molecule has 22 heavy (non-hydrogen) atoms. The Labute approximate surface area is 138 Å². The zero-order valence-electron chi connectivity index (χ0n) is 14.6. The molecule has 0 aromatic heterocycles. The molecule has 0 heterocycles. The maximum absolute atomic E-state index is 14.1.